The highest BCUT2D eigenvalue weighted by atomic mass is 19.1. The third kappa shape index (κ3) is 4.78. The molecule has 156 valence electrons. The number of fused-ring (bicyclic) bond motifs is 1. The van der Waals surface area contributed by atoms with Crippen LogP contribution in [-0.4, -0.2) is 37.1 Å². The number of aromatic amines is 2. The molecule has 1 aliphatic carbocycles. The van der Waals surface area contributed by atoms with Crippen molar-refractivity contribution >= 4 is 17.1 Å². The maximum absolute atomic E-state index is 13.4. The molecule has 0 atom stereocenters. The van der Waals surface area contributed by atoms with Gasteiger partial charge in [-0.1, -0.05) is 18.1 Å². The van der Waals surface area contributed by atoms with Crippen LogP contribution < -0.4 is 5.32 Å². The number of aromatic nitrogens is 5. The Balaban J connectivity index is 0.000000196. The van der Waals surface area contributed by atoms with Gasteiger partial charge in [0, 0.05) is 24.0 Å². The zero-order valence-electron chi connectivity index (χ0n) is 16.9. The zero-order valence-corrected chi connectivity index (χ0v) is 16.9. The van der Waals surface area contributed by atoms with Gasteiger partial charge in [-0.25, -0.2) is 14.4 Å². The number of hydrogen-bond donors (Lipinski definition) is 3. The summed E-state index contributed by atoms with van der Waals surface area (Å²) in [5.41, 5.74) is 3.86. The quantitative estimate of drug-likeness (QED) is 0.442. The van der Waals surface area contributed by atoms with Gasteiger partial charge in [0.15, 0.2) is 5.65 Å². The highest BCUT2D eigenvalue weighted by molar-refractivity contribution is 5.93. The van der Waals surface area contributed by atoms with Crippen molar-refractivity contribution in [1.82, 2.24) is 30.5 Å². The third-order valence-electron chi connectivity index (χ3n) is 4.98. The molecule has 0 aliphatic heterocycles. The Morgan fingerprint density at radius 1 is 1.26 bits per heavy atom. The Labute approximate surface area is 178 Å². The summed E-state index contributed by atoms with van der Waals surface area (Å²) in [6.07, 6.45) is 8.58. The second-order valence-corrected chi connectivity index (χ2v) is 7.12. The standard InChI is InChI=1S/C15H10FN5.C8H11NO/c16-11-3-1-2-9(6-11)12-4-5-17-15-13(12)20-14(21-15)10-7-18-19-8-10;1-2-4-8(10)9-7-5-3-6-7/h1-8H,(H,18,19)(H,17,20,21);7H,3,5-6H2,1H3,(H,9,10). The highest BCUT2D eigenvalue weighted by Crippen LogP contribution is 2.28. The van der Waals surface area contributed by atoms with Crippen LogP contribution in [0.4, 0.5) is 4.39 Å². The molecule has 3 N–H and O–H groups in total. The summed E-state index contributed by atoms with van der Waals surface area (Å²) in [4.78, 5) is 22.7. The van der Waals surface area contributed by atoms with Crippen LogP contribution in [0.15, 0.2) is 48.9 Å². The lowest BCUT2D eigenvalue weighted by atomic mass is 9.93. The van der Waals surface area contributed by atoms with E-state index in [2.05, 4.69) is 42.3 Å². The monoisotopic (exact) mass is 416 g/mol. The fourth-order valence-corrected chi connectivity index (χ4v) is 3.21. The molecule has 0 unspecified atom stereocenters. The summed E-state index contributed by atoms with van der Waals surface area (Å²) in [6.45, 7) is 1.67. The number of amides is 1. The molecule has 1 saturated carbocycles. The van der Waals surface area contributed by atoms with Crippen LogP contribution in [0, 0.1) is 17.7 Å². The maximum atomic E-state index is 13.4. The molecule has 1 fully saturated rings. The number of hydrogen-bond acceptors (Lipinski definition) is 4. The van der Waals surface area contributed by atoms with Gasteiger partial charge in [0.2, 0.25) is 0 Å². The average Bonchev–Trinajstić information content (AvgIpc) is 3.41. The SMILES string of the molecule is CC#CC(=O)NC1CCC1.Fc1cccc(-c2ccnc3nc(-c4cn[nH]c4)[nH]c23)c1. The normalized spacial score (nSPS) is 12.8. The van der Waals surface area contributed by atoms with E-state index < -0.39 is 0 Å². The van der Waals surface area contributed by atoms with Crippen LogP contribution >= 0.6 is 0 Å². The molecule has 8 heteroatoms. The summed E-state index contributed by atoms with van der Waals surface area (Å²) < 4.78 is 13.4. The number of pyridine rings is 1. The van der Waals surface area contributed by atoms with E-state index in [1.807, 2.05) is 12.1 Å². The third-order valence-corrected chi connectivity index (χ3v) is 4.98. The molecule has 0 bridgehead atoms. The summed E-state index contributed by atoms with van der Waals surface area (Å²) in [5, 5.41) is 9.46. The number of nitrogens with one attached hydrogen (secondary N) is 3. The molecule has 5 rings (SSSR count). The molecule has 1 amide bonds. The first-order valence-corrected chi connectivity index (χ1v) is 9.97. The predicted octanol–water partition coefficient (Wildman–Crippen LogP) is 3.83. The van der Waals surface area contributed by atoms with Gasteiger partial charge in [-0.15, -0.1) is 0 Å². The minimum Gasteiger partial charge on any atom is -0.343 e. The molecule has 3 heterocycles. The van der Waals surface area contributed by atoms with E-state index in [1.54, 1.807) is 31.6 Å². The van der Waals surface area contributed by atoms with Gasteiger partial charge in [-0.05, 0) is 55.9 Å². The van der Waals surface area contributed by atoms with E-state index in [9.17, 15) is 9.18 Å². The highest BCUT2D eigenvalue weighted by Gasteiger charge is 2.18. The van der Waals surface area contributed by atoms with E-state index in [0.29, 0.717) is 17.5 Å². The fourth-order valence-electron chi connectivity index (χ4n) is 3.21. The minimum atomic E-state index is -0.271. The van der Waals surface area contributed by atoms with Crippen molar-refractivity contribution in [3.05, 3.63) is 54.7 Å². The number of carbonyl (C=O) groups excluding carboxylic acids is 1. The Kier molecular flexibility index (Phi) is 6.03. The first-order chi connectivity index (χ1) is 15.1. The van der Waals surface area contributed by atoms with Crippen LogP contribution in [0.2, 0.25) is 0 Å². The van der Waals surface area contributed by atoms with Gasteiger partial charge in [-0.3, -0.25) is 9.89 Å². The van der Waals surface area contributed by atoms with Crippen LogP contribution in [-0.2, 0) is 4.79 Å². The summed E-state index contributed by atoms with van der Waals surface area (Å²) in [6, 6.07) is 8.71. The lowest BCUT2D eigenvalue weighted by Gasteiger charge is -2.25. The number of imidazole rings is 1. The molecule has 1 aliphatic rings. The Morgan fingerprint density at radius 3 is 2.81 bits per heavy atom. The van der Waals surface area contributed by atoms with Crippen LogP contribution in [0.5, 0.6) is 0 Å². The number of rotatable bonds is 3. The average molecular weight is 416 g/mol. The zero-order chi connectivity index (χ0) is 21.6. The molecule has 7 nitrogen and oxygen atoms in total. The largest absolute Gasteiger partial charge is 0.343 e. The van der Waals surface area contributed by atoms with Gasteiger partial charge >= 0.3 is 0 Å². The Morgan fingerprint density at radius 2 is 2.13 bits per heavy atom. The number of benzene rings is 1. The first kappa shape index (κ1) is 20.3. The number of H-pyrrole nitrogens is 2. The molecule has 1 aromatic carbocycles. The van der Waals surface area contributed by atoms with Gasteiger partial charge in [-0.2, -0.15) is 5.10 Å². The molecular formula is C23H21FN6O. The van der Waals surface area contributed by atoms with Crippen molar-refractivity contribution in [3.8, 4) is 34.4 Å². The van der Waals surface area contributed by atoms with Crippen LogP contribution in [0.25, 0.3) is 33.7 Å². The van der Waals surface area contributed by atoms with Crippen molar-refractivity contribution in [2.45, 2.75) is 32.2 Å². The van der Waals surface area contributed by atoms with E-state index in [0.717, 1.165) is 35.0 Å². The number of halogens is 1. The van der Waals surface area contributed by atoms with Crippen molar-refractivity contribution in [2.24, 2.45) is 0 Å². The minimum absolute atomic E-state index is 0.132. The van der Waals surface area contributed by atoms with Crippen molar-refractivity contribution < 1.29 is 9.18 Å². The van der Waals surface area contributed by atoms with Crippen LogP contribution in [0.1, 0.15) is 26.2 Å². The van der Waals surface area contributed by atoms with Crippen molar-refractivity contribution in [2.75, 3.05) is 0 Å². The van der Waals surface area contributed by atoms with E-state index >= 15 is 0 Å². The van der Waals surface area contributed by atoms with Gasteiger partial charge in [0.1, 0.15) is 11.6 Å². The number of nitrogens with zero attached hydrogens (tertiary/aromatic N) is 3. The molecule has 4 aromatic rings. The predicted molar refractivity (Wildman–Crippen MR) is 116 cm³/mol. The molecule has 0 radical (unpaired) electrons. The molecule has 3 aromatic heterocycles. The van der Waals surface area contributed by atoms with Crippen LogP contribution in [0.3, 0.4) is 0 Å². The summed E-state index contributed by atoms with van der Waals surface area (Å²) >= 11 is 0. The smallest absolute Gasteiger partial charge is 0.296 e. The van der Waals surface area contributed by atoms with Crippen molar-refractivity contribution in [3.63, 3.8) is 0 Å². The molecular weight excluding hydrogens is 395 g/mol. The van der Waals surface area contributed by atoms with Crippen molar-refractivity contribution in [1.29, 1.82) is 0 Å². The topological polar surface area (TPSA) is 99.3 Å². The fraction of sp³-hybridized carbons (Fsp3) is 0.217. The maximum Gasteiger partial charge on any atom is 0.296 e. The Bertz CT molecular complexity index is 1250. The van der Waals surface area contributed by atoms with Gasteiger partial charge < -0.3 is 10.3 Å². The lowest BCUT2D eigenvalue weighted by molar-refractivity contribution is -0.116. The number of carbonyl (C=O) groups is 1. The molecule has 0 saturated heterocycles. The summed E-state index contributed by atoms with van der Waals surface area (Å²) in [7, 11) is 0. The Hall–Kier alpha value is -3.99. The van der Waals surface area contributed by atoms with E-state index in [1.165, 1.54) is 18.6 Å². The van der Waals surface area contributed by atoms with E-state index in [-0.39, 0.29) is 11.7 Å². The summed E-state index contributed by atoms with van der Waals surface area (Å²) in [5.74, 6) is 5.28. The van der Waals surface area contributed by atoms with Gasteiger partial charge in [0.05, 0.1) is 17.3 Å². The first-order valence-electron chi connectivity index (χ1n) is 9.97. The molecule has 0 spiro atoms. The second kappa shape index (κ2) is 9.22. The lowest BCUT2D eigenvalue weighted by Crippen LogP contribution is -2.38. The van der Waals surface area contributed by atoms with E-state index in [4.69, 9.17) is 0 Å². The second-order valence-electron chi connectivity index (χ2n) is 7.12. The van der Waals surface area contributed by atoms with Gasteiger partial charge in [0.25, 0.3) is 5.91 Å². The molecule has 31 heavy (non-hydrogen) atoms.